The minimum atomic E-state index is -3.50. The van der Waals surface area contributed by atoms with Gasteiger partial charge in [0.05, 0.1) is 12.6 Å². The van der Waals surface area contributed by atoms with Crippen molar-refractivity contribution in [2.75, 3.05) is 19.6 Å². The number of morpholine rings is 1. The van der Waals surface area contributed by atoms with Crippen LogP contribution in [0.2, 0.25) is 0 Å². The van der Waals surface area contributed by atoms with Gasteiger partial charge in [0.2, 0.25) is 10.0 Å². The van der Waals surface area contributed by atoms with Crippen LogP contribution in [-0.4, -0.2) is 65.3 Å². The lowest BCUT2D eigenvalue weighted by molar-refractivity contribution is -0.0981. The Morgan fingerprint density at radius 2 is 2.07 bits per heavy atom. The number of aryl methyl sites for hydroxylation is 1. The summed E-state index contributed by atoms with van der Waals surface area (Å²) in [6.45, 7) is 2.91. The zero-order valence-electron chi connectivity index (χ0n) is 15.4. The fourth-order valence-electron chi connectivity index (χ4n) is 4.66. The fraction of sp³-hybridized carbons (Fsp3) is 0.474. The summed E-state index contributed by atoms with van der Waals surface area (Å²) in [6, 6.07) is 11.1. The zero-order valence-corrected chi connectivity index (χ0v) is 16.3. The molecule has 3 fully saturated rings. The third kappa shape index (κ3) is 2.68. The maximum atomic E-state index is 13.2. The van der Waals surface area contributed by atoms with Crippen LogP contribution in [0.1, 0.15) is 28.2 Å². The van der Waals surface area contributed by atoms with Gasteiger partial charge in [-0.1, -0.05) is 35.5 Å². The highest BCUT2D eigenvalue weighted by atomic mass is 32.2. The molecule has 0 N–H and O–H groups in total. The Kier molecular flexibility index (Phi) is 3.91. The van der Waals surface area contributed by atoms with E-state index in [-0.39, 0.29) is 30.8 Å². The average Bonchev–Trinajstić information content (AvgIpc) is 3.27. The van der Waals surface area contributed by atoms with E-state index in [4.69, 9.17) is 9.26 Å². The van der Waals surface area contributed by atoms with Gasteiger partial charge in [0.1, 0.15) is 16.6 Å². The first-order chi connectivity index (χ1) is 13.4. The third-order valence-electron chi connectivity index (χ3n) is 5.85. The van der Waals surface area contributed by atoms with Gasteiger partial charge in [-0.3, -0.25) is 4.79 Å². The summed E-state index contributed by atoms with van der Waals surface area (Å²) < 4.78 is 39.0. The van der Waals surface area contributed by atoms with Crippen molar-refractivity contribution in [3.05, 3.63) is 53.4 Å². The Morgan fingerprint density at radius 1 is 1.29 bits per heavy atom. The quantitative estimate of drug-likeness (QED) is 0.764. The number of amides is 1. The molecule has 3 saturated heterocycles. The molecule has 9 heteroatoms. The van der Waals surface area contributed by atoms with Crippen molar-refractivity contribution in [3.63, 3.8) is 0 Å². The summed E-state index contributed by atoms with van der Waals surface area (Å²) in [4.78, 5) is 14.5. The van der Waals surface area contributed by atoms with Gasteiger partial charge in [-0.15, -0.1) is 0 Å². The molecule has 3 aliphatic heterocycles. The van der Waals surface area contributed by atoms with Crippen molar-refractivity contribution >= 4 is 15.9 Å². The third-order valence-corrected chi connectivity index (χ3v) is 8.17. The molecule has 1 spiro atoms. The predicted octanol–water partition coefficient (Wildman–Crippen LogP) is 1.18. The Morgan fingerprint density at radius 3 is 2.79 bits per heavy atom. The van der Waals surface area contributed by atoms with E-state index in [9.17, 15) is 13.2 Å². The number of likely N-dealkylation sites (tertiary alicyclic amines) is 1. The molecule has 0 radical (unpaired) electrons. The van der Waals surface area contributed by atoms with Gasteiger partial charge in [0.15, 0.2) is 5.69 Å². The maximum Gasteiger partial charge on any atom is 0.276 e. The first-order valence-corrected chi connectivity index (χ1v) is 10.8. The molecule has 28 heavy (non-hydrogen) atoms. The number of fused-ring (bicyclic) bond motifs is 1. The lowest BCUT2D eigenvalue weighted by atomic mass is 9.99. The Bertz CT molecular complexity index is 1020. The van der Waals surface area contributed by atoms with Crippen LogP contribution in [0.5, 0.6) is 0 Å². The summed E-state index contributed by atoms with van der Waals surface area (Å²) in [5, 5.41) is 3.19. The van der Waals surface area contributed by atoms with Gasteiger partial charge in [0, 0.05) is 25.7 Å². The highest BCUT2D eigenvalue weighted by Crippen LogP contribution is 2.47. The number of sulfonamides is 1. The zero-order chi connectivity index (χ0) is 19.5. The number of benzene rings is 1. The molecule has 8 nitrogen and oxygen atoms in total. The molecule has 1 amide bonds. The summed E-state index contributed by atoms with van der Waals surface area (Å²) in [6.07, 6.45) is 0.138. The van der Waals surface area contributed by atoms with E-state index in [1.807, 2.05) is 30.3 Å². The lowest BCUT2D eigenvalue weighted by Gasteiger charge is -2.39. The molecule has 3 aliphatic rings. The normalized spacial score (nSPS) is 31.1. The Hall–Kier alpha value is -2.23. The van der Waals surface area contributed by atoms with Crippen molar-refractivity contribution in [1.82, 2.24) is 14.4 Å². The number of ether oxygens (including phenoxy) is 1. The summed E-state index contributed by atoms with van der Waals surface area (Å²) >= 11 is 0. The van der Waals surface area contributed by atoms with E-state index >= 15 is 0 Å². The van der Waals surface area contributed by atoms with Gasteiger partial charge < -0.3 is 14.2 Å². The van der Waals surface area contributed by atoms with Gasteiger partial charge in [-0.25, -0.2) is 8.42 Å². The number of nitrogens with zero attached hydrogens (tertiary/aromatic N) is 3. The molecule has 0 saturated carbocycles. The fourth-order valence-corrected chi connectivity index (χ4v) is 6.95. The highest BCUT2D eigenvalue weighted by Gasteiger charge is 2.65. The highest BCUT2D eigenvalue weighted by molar-refractivity contribution is 7.90. The number of carbonyl (C=O) groups excluding carboxylic acids is 1. The second-order valence-corrected chi connectivity index (χ2v) is 9.95. The largest absolute Gasteiger partial charge is 0.365 e. The molecule has 3 atom stereocenters. The van der Waals surface area contributed by atoms with Crippen molar-refractivity contribution in [2.24, 2.45) is 0 Å². The topological polar surface area (TPSA) is 93.0 Å². The van der Waals surface area contributed by atoms with E-state index < -0.39 is 20.9 Å². The van der Waals surface area contributed by atoms with E-state index in [1.54, 1.807) is 17.9 Å². The Labute approximate surface area is 163 Å². The van der Waals surface area contributed by atoms with Crippen LogP contribution in [0.4, 0.5) is 0 Å². The number of hydrogen-bond donors (Lipinski definition) is 0. The van der Waals surface area contributed by atoms with Crippen molar-refractivity contribution in [2.45, 2.75) is 36.8 Å². The van der Waals surface area contributed by atoms with E-state index in [0.717, 1.165) is 5.56 Å². The summed E-state index contributed by atoms with van der Waals surface area (Å²) in [7, 11) is -3.50. The van der Waals surface area contributed by atoms with Gasteiger partial charge in [-0.05, 0) is 18.9 Å². The lowest BCUT2D eigenvalue weighted by Crippen LogP contribution is -2.56. The van der Waals surface area contributed by atoms with E-state index in [1.165, 1.54) is 4.31 Å². The second-order valence-electron chi connectivity index (χ2n) is 7.84. The van der Waals surface area contributed by atoms with Gasteiger partial charge in [0.25, 0.3) is 5.91 Å². The van der Waals surface area contributed by atoms with Crippen LogP contribution in [0.3, 0.4) is 0 Å². The van der Waals surface area contributed by atoms with Gasteiger partial charge in [-0.2, -0.15) is 4.31 Å². The second kappa shape index (κ2) is 6.13. The molecule has 148 valence electrons. The van der Waals surface area contributed by atoms with Crippen LogP contribution in [0.25, 0.3) is 0 Å². The first kappa shape index (κ1) is 17.8. The van der Waals surface area contributed by atoms with Gasteiger partial charge >= 0.3 is 0 Å². The minimum Gasteiger partial charge on any atom is -0.365 e. The number of hydrogen-bond acceptors (Lipinski definition) is 6. The molecule has 2 aromatic rings. The van der Waals surface area contributed by atoms with Crippen molar-refractivity contribution in [1.29, 1.82) is 0 Å². The molecule has 0 unspecified atom stereocenters. The molecule has 1 aromatic heterocycles. The van der Waals surface area contributed by atoms with E-state index in [2.05, 4.69) is 5.16 Å². The summed E-state index contributed by atoms with van der Waals surface area (Å²) in [5.41, 5.74) is 0.292. The van der Waals surface area contributed by atoms with Crippen molar-refractivity contribution in [3.8, 4) is 0 Å². The van der Waals surface area contributed by atoms with Crippen LogP contribution in [-0.2, 0) is 21.3 Å². The molecule has 2 bridgehead atoms. The minimum absolute atomic E-state index is 0.240. The van der Waals surface area contributed by atoms with E-state index in [0.29, 0.717) is 25.3 Å². The Balaban J connectivity index is 1.41. The number of rotatable bonds is 3. The predicted molar refractivity (Wildman–Crippen MR) is 98.9 cm³/mol. The standard InChI is InChI=1S/C19H21N3O5S/c1-13-7-16(20-27-13)18(23)21-10-15-8-17-19(11-21,26-15)12-22(28(17,24)25)9-14-5-3-2-4-6-14/h2-7,15,17H,8-12H2,1H3/t15-,17+,19+/m1/s1. The van der Waals surface area contributed by atoms with Crippen LogP contribution in [0, 0.1) is 6.92 Å². The SMILES string of the molecule is Cc1cc(C(=O)N2C[C@H]3C[C@H]4[C@](C2)(CN(Cc2ccccc2)S4(=O)=O)O3)no1. The molecule has 1 aromatic carbocycles. The number of aromatic nitrogens is 1. The molecule has 0 aliphatic carbocycles. The molecular weight excluding hydrogens is 382 g/mol. The van der Waals surface area contributed by atoms with Crippen LogP contribution >= 0.6 is 0 Å². The number of carbonyl (C=O) groups is 1. The van der Waals surface area contributed by atoms with Crippen LogP contribution < -0.4 is 0 Å². The molecule has 5 rings (SSSR count). The molecule has 4 heterocycles. The smallest absolute Gasteiger partial charge is 0.276 e. The molecular formula is C19H21N3O5S. The first-order valence-electron chi connectivity index (χ1n) is 9.31. The maximum absolute atomic E-state index is 13.2. The van der Waals surface area contributed by atoms with Crippen LogP contribution in [0.15, 0.2) is 40.9 Å². The van der Waals surface area contributed by atoms with Crippen molar-refractivity contribution < 1.29 is 22.5 Å². The average molecular weight is 403 g/mol. The monoisotopic (exact) mass is 403 g/mol. The summed E-state index contributed by atoms with van der Waals surface area (Å²) in [5.74, 6) is 0.317.